The van der Waals surface area contributed by atoms with E-state index in [1.54, 1.807) is 4.90 Å². The molecule has 2 amide bonds. The first kappa shape index (κ1) is 34.2. The van der Waals surface area contributed by atoms with Crippen molar-refractivity contribution in [1.29, 1.82) is 0 Å². The summed E-state index contributed by atoms with van der Waals surface area (Å²) in [6.45, 7) is 4.26. The van der Waals surface area contributed by atoms with Crippen LogP contribution in [0.25, 0.3) is 0 Å². The fourth-order valence-electron chi connectivity index (χ4n) is 6.96. The number of hydrogen-bond acceptors (Lipinski definition) is 3. The Hall–Kier alpha value is -2.28. The van der Waals surface area contributed by atoms with Gasteiger partial charge in [0.05, 0.1) is 5.60 Å². The molecular formula is C34H44Cl3N3O2. The number of aliphatic hydroxyl groups is 1. The molecule has 0 bridgehead atoms. The molecule has 2 aliphatic heterocycles. The standard InChI is InChI=1S/C34H42ClN3O2.2ClH/c35-31-14-12-30(13-15-31)34(40)19-24-37(25-20-34)21-7-18-33(28-8-3-1-4-9-28,29-10-5-2-6-11-29)26-27-16-22-38(23-17-27)32(36)39;;/h1-6,8-15,27,40H,7,16-26H2,(H2,36,39);2*1H. The number of likely N-dealkylation sites (tertiary alicyclic amines) is 2. The number of nitrogens with two attached hydrogens (primary N) is 1. The van der Waals surface area contributed by atoms with Gasteiger partial charge in [0.1, 0.15) is 0 Å². The van der Waals surface area contributed by atoms with Crippen molar-refractivity contribution in [2.24, 2.45) is 11.7 Å². The van der Waals surface area contributed by atoms with Crippen molar-refractivity contribution in [2.75, 3.05) is 32.7 Å². The van der Waals surface area contributed by atoms with Gasteiger partial charge < -0.3 is 20.6 Å². The quantitative estimate of drug-likeness (QED) is 0.258. The van der Waals surface area contributed by atoms with Crippen molar-refractivity contribution in [3.05, 3.63) is 107 Å². The Balaban J connectivity index is 0.00000242. The number of primary amides is 1. The molecule has 0 saturated carbocycles. The number of amides is 2. The van der Waals surface area contributed by atoms with Crippen molar-refractivity contribution >= 4 is 42.4 Å². The van der Waals surface area contributed by atoms with E-state index in [0.717, 1.165) is 83.2 Å². The summed E-state index contributed by atoms with van der Waals surface area (Å²) in [5, 5.41) is 12.0. The Morgan fingerprint density at radius 1 is 0.857 bits per heavy atom. The number of piperidine rings is 2. The number of carbonyl (C=O) groups is 1. The van der Waals surface area contributed by atoms with E-state index in [1.165, 1.54) is 11.1 Å². The van der Waals surface area contributed by atoms with Gasteiger partial charge >= 0.3 is 6.03 Å². The van der Waals surface area contributed by atoms with Gasteiger partial charge in [-0.15, -0.1) is 24.8 Å². The van der Waals surface area contributed by atoms with Crippen molar-refractivity contribution in [3.63, 3.8) is 0 Å². The monoisotopic (exact) mass is 631 g/mol. The molecule has 0 unspecified atom stereocenters. The minimum Gasteiger partial charge on any atom is -0.385 e. The summed E-state index contributed by atoms with van der Waals surface area (Å²) in [7, 11) is 0. The van der Waals surface area contributed by atoms with E-state index >= 15 is 0 Å². The largest absolute Gasteiger partial charge is 0.385 e. The molecule has 2 saturated heterocycles. The molecule has 3 aromatic rings. The molecule has 8 heteroatoms. The summed E-state index contributed by atoms with van der Waals surface area (Å²) in [4.78, 5) is 16.0. The number of benzene rings is 3. The highest BCUT2D eigenvalue weighted by Gasteiger charge is 2.38. The highest BCUT2D eigenvalue weighted by atomic mass is 35.5. The second-order valence-corrected chi connectivity index (χ2v) is 12.2. The lowest BCUT2D eigenvalue weighted by Gasteiger charge is -2.42. The fourth-order valence-corrected chi connectivity index (χ4v) is 7.08. The first-order valence-electron chi connectivity index (χ1n) is 14.7. The first-order valence-corrected chi connectivity index (χ1v) is 15.1. The van der Waals surface area contributed by atoms with Crippen LogP contribution in [0.1, 0.15) is 61.6 Å². The van der Waals surface area contributed by atoms with Gasteiger partial charge in [0.25, 0.3) is 0 Å². The number of carbonyl (C=O) groups excluding carboxylic acids is 1. The Morgan fingerprint density at radius 2 is 1.38 bits per heavy atom. The van der Waals surface area contributed by atoms with Crippen LogP contribution in [0.2, 0.25) is 5.02 Å². The van der Waals surface area contributed by atoms with Crippen LogP contribution in [0.5, 0.6) is 0 Å². The van der Waals surface area contributed by atoms with E-state index in [1.807, 2.05) is 24.3 Å². The van der Waals surface area contributed by atoms with Gasteiger partial charge in [-0.25, -0.2) is 4.79 Å². The van der Waals surface area contributed by atoms with Gasteiger partial charge in [-0.1, -0.05) is 84.4 Å². The molecule has 228 valence electrons. The molecule has 2 aliphatic rings. The average Bonchev–Trinajstić information content (AvgIpc) is 2.99. The van der Waals surface area contributed by atoms with Gasteiger partial charge in [0, 0.05) is 36.6 Å². The maximum atomic E-state index is 11.7. The van der Waals surface area contributed by atoms with Crippen LogP contribution in [-0.2, 0) is 11.0 Å². The third kappa shape index (κ3) is 8.00. The number of rotatable bonds is 9. The Morgan fingerprint density at radius 3 is 1.88 bits per heavy atom. The van der Waals surface area contributed by atoms with Gasteiger partial charge in [0.2, 0.25) is 0 Å². The minimum absolute atomic E-state index is 0. The van der Waals surface area contributed by atoms with Crippen molar-refractivity contribution < 1.29 is 9.90 Å². The zero-order valence-electron chi connectivity index (χ0n) is 24.2. The lowest BCUT2D eigenvalue weighted by molar-refractivity contribution is -0.0263. The molecule has 5 nitrogen and oxygen atoms in total. The number of nitrogens with zero attached hydrogens (tertiary/aromatic N) is 2. The predicted molar refractivity (Wildman–Crippen MR) is 177 cm³/mol. The van der Waals surface area contributed by atoms with E-state index < -0.39 is 5.60 Å². The van der Waals surface area contributed by atoms with Crippen LogP contribution >= 0.6 is 36.4 Å². The smallest absolute Gasteiger partial charge is 0.314 e. The lowest BCUT2D eigenvalue weighted by atomic mass is 9.65. The van der Waals surface area contributed by atoms with Gasteiger partial charge in [-0.2, -0.15) is 0 Å². The van der Waals surface area contributed by atoms with Gasteiger partial charge in [-0.3, -0.25) is 0 Å². The summed E-state index contributed by atoms with van der Waals surface area (Å²) >= 11 is 6.07. The van der Waals surface area contributed by atoms with E-state index in [9.17, 15) is 9.90 Å². The van der Waals surface area contributed by atoms with Crippen molar-refractivity contribution in [3.8, 4) is 0 Å². The summed E-state index contributed by atoms with van der Waals surface area (Å²) in [6, 6.07) is 29.3. The summed E-state index contributed by atoms with van der Waals surface area (Å²) in [5.74, 6) is 0.528. The molecular weight excluding hydrogens is 589 g/mol. The second-order valence-electron chi connectivity index (χ2n) is 11.8. The topological polar surface area (TPSA) is 69.8 Å². The predicted octanol–water partition coefficient (Wildman–Crippen LogP) is 7.41. The second kappa shape index (κ2) is 15.4. The van der Waals surface area contributed by atoms with Crippen LogP contribution in [0.15, 0.2) is 84.9 Å². The molecule has 2 fully saturated rings. The molecule has 5 rings (SSSR count). The Bertz CT molecular complexity index is 1190. The van der Waals surface area contributed by atoms with E-state index in [0.29, 0.717) is 10.9 Å². The number of hydrogen-bond donors (Lipinski definition) is 2. The van der Waals surface area contributed by atoms with Gasteiger partial charge in [-0.05, 0) is 86.2 Å². The fraction of sp³-hybridized carbons (Fsp3) is 0.441. The summed E-state index contributed by atoms with van der Waals surface area (Å²) < 4.78 is 0. The van der Waals surface area contributed by atoms with Crippen LogP contribution in [0.4, 0.5) is 4.79 Å². The van der Waals surface area contributed by atoms with Crippen LogP contribution in [0.3, 0.4) is 0 Å². The lowest BCUT2D eigenvalue weighted by Crippen LogP contribution is -2.44. The zero-order valence-corrected chi connectivity index (χ0v) is 26.6. The zero-order chi connectivity index (χ0) is 28.0. The van der Waals surface area contributed by atoms with Crippen LogP contribution in [0, 0.1) is 5.92 Å². The molecule has 2 heterocycles. The van der Waals surface area contributed by atoms with Crippen LogP contribution < -0.4 is 5.73 Å². The third-order valence-electron chi connectivity index (χ3n) is 9.36. The van der Waals surface area contributed by atoms with E-state index in [-0.39, 0.29) is 36.3 Å². The highest BCUT2D eigenvalue weighted by molar-refractivity contribution is 6.30. The van der Waals surface area contributed by atoms with Crippen molar-refractivity contribution in [1.82, 2.24) is 9.80 Å². The maximum absolute atomic E-state index is 11.7. The number of urea groups is 1. The summed E-state index contributed by atoms with van der Waals surface area (Å²) in [6.07, 6.45) is 6.62. The normalized spacial score (nSPS) is 17.6. The van der Waals surface area contributed by atoms with E-state index in [4.69, 9.17) is 17.3 Å². The molecule has 3 aromatic carbocycles. The van der Waals surface area contributed by atoms with E-state index in [2.05, 4.69) is 65.6 Å². The third-order valence-corrected chi connectivity index (χ3v) is 9.61. The molecule has 0 atom stereocenters. The molecule has 0 aromatic heterocycles. The molecule has 0 radical (unpaired) electrons. The Kier molecular flexibility index (Phi) is 12.6. The number of halogens is 3. The van der Waals surface area contributed by atoms with Gasteiger partial charge in [0.15, 0.2) is 0 Å². The molecule has 42 heavy (non-hydrogen) atoms. The SMILES string of the molecule is Cl.Cl.NC(=O)N1CCC(CC(CCCN2CCC(O)(c3ccc(Cl)cc3)CC2)(c2ccccc2)c2ccccc2)CC1. The average molecular weight is 633 g/mol. The van der Waals surface area contributed by atoms with Crippen molar-refractivity contribution in [2.45, 2.75) is 56.0 Å². The Labute approximate surface area is 268 Å². The molecule has 0 spiro atoms. The maximum Gasteiger partial charge on any atom is 0.314 e. The molecule has 3 N–H and O–H groups in total. The van der Waals surface area contributed by atoms with Crippen LogP contribution in [-0.4, -0.2) is 53.7 Å². The summed E-state index contributed by atoms with van der Waals surface area (Å²) in [5.41, 5.74) is 8.40. The molecule has 0 aliphatic carbocycles. The minimum atomic E-state index is -0.779. The highest BCUT2D eigenvalue weighted by Crippen LogP contribution is 2.44. The first-order chi connectivity index (χ1) is 19.4.